The number of benzene rings is 2. The summed E-state index contributed by atoms with van der Waals surface area (Å²) in [6.07, 6.45) is 2.37. The van der Waals surface area contributed by atoms with Crippen LogP contribution in [0.4, 0.5) is 5.69 Å². The molecule has 0 unspecified atom stereocenters. The van der Waals surface area contributed by atoms with Crippen LogP contribution in [0.15, 0.2) is 59.7 Å². The van der Waals surface area contributed by atoms with E-state index in [1.165, 1.54) is 16.3 Å². The number of carbonyl (C=O) groups excluding carboxylic acids is 1. The Balaban J connectivity index is 1.62. The van der Waals surface area contributed by atoms with Gasteiger partial charge in [0, 0.05) is 11.1 Å². The van der Waals surface area contributed by atoms with Gasteiger partial charge in [-0.2, -0.15) is 0 Å². The standard InChI is InChI=1S/C19H17N5O2/c1-2-13-7-9-14(10-8-13)21-17(25)11-24-19(26)23-12-20-16-6-4-3-5-15(16)18(23)22-24/h3-10,12H,2,11H2,1H3,(H,21,25). The van der Waals surface area contributed by atoms with Crippen LogP contribution in [0.2, 0.25) is 0 Å². The molecule has 0 fully saturated rings. The Kier molecular flexibility index (Phi) is 3.96. The molecule has 1 N–H and O–H groups in total. The second kappa shape index (κ2) is 6.44. The van der Waals surface area contributed by atoms with Crippen molar-refractivity contribution in [1.82, 2.24) is 19.2 Å². The van der Waals surface area contributed by atoms with Crippen molar-refractivity contribution in [3.8, 4) is 0 Å². The van der Waals surface area contributed by atoms with Gasteiger partial charge in [-0.25, -0.2) is 18.9 Å². The topological polar surface area (TPSA) is 81.3 Å². The lowest BCUT2D eigenvalue weighted by molar-refractivity contribution is -0.117. The maximum absolute atomic E-state index is 12.5. The Labute approximate surface area is 148 Å². The van der Waals surface area contributed by atoms with Crippen molar-refractivity contribution < 1.29 is 4.79 Å². The Morgan fingerprint density at radius 3 is 2.65 bits per heavy atom. The van der Waals surface area contributed by atoms with Crippen LogP contribution in [0, 0.1) is 0 Å². The van der Waals surface area contributed by atoms with Crippen molar-refractivity contribution in [3.05, 3.63) is 70.9 Å². The van der Waals surface area contributed by atoms with E-state index in [9.17, 15) is 9.59 Å². The van der Waals surface area contributed by atoms with Crippen LogP contribution in [-0.4, -0.2) is 25.1 Å². The SMILES string of the molecule is CCc1ccc(NC(=O)Cn2nc3c4ccccc4ncn3c2=O)cc1. The number of nitrogens with one attached hydrogen (secondary N) is 1. The number of carbonyl (C=O) groups is 1. The van der Waals surface area contributed by atoms with Crippen molar-refractivity contribution in [1.29, 1.82) is 0 Å². The number of rotatable bonds is 4. The Morgan fingerprint density at radius 2 is 1.88 bits per heavy atom. The van der Waals surface area contributed by atoms with Gasteiger partial charge in [-0.3, -0.25) is 4.79 Å². The molecule has 0 aliphatic rings. The smallest absolute Gasteiger partial charge is 0.324 e. The molecule has 4 aromatic rings. The third kappa shape index (κ3) is 2.83. The first-order valence-corrected chi connectivity index (χ1v) is 8.37. The van der Waals surface area contributed by atoms with E-state index in [-0.39, 0.29) is 12.5 Å². The summed E-state index contributed by atoms with van der Waals surface area (Å²) in [7, 11) is 0. The van der Waals surface area contributed by atoms with Gasteiger partial charge in [0.2, 0.25) is 5.91 Å². The highest BCUT2D eigenvalue weighted by Crippen LogP contribution is 2.14. The van der Waals surface area contributed by atoms with Crippen molar-refractivity contribution >= 4 is 28.1 Å². The molecular formula is C19H17N5O2. The maximum Gasteiger partial charge on any atom is 0.352 e. The molecule has 2 aromatic heterocycles. The number of anilines is 1. The van der Waals surface area contributed by atoms with Crippen LogP contribution in [0.5, 0.6) is 0 Å². The van der Waals surface area contributed by atoms with Gasteiger partial charge in [-0.05, 0) is 36.2 Å². The number of aryl methyl sites for hydroxylation is 1. The van der Waals surface area contributed by atoms with Crippen molar-refractivity contribution in [2.24, 2.45) is 0 Å². The summed E-state index contributed by atoms with van der Waals surface area (Å²) in [4.78, 5) is 29.0. The first-order chi connectivity index (χ1) is 12.7. The van der Waals surface area contributed by atoms with Gasteiger partial charge in [-0.1, -0.05) is 31.2 Å². The molecular weight excluding hydrogens is 330 g/mol. The van der Waals surface area contributed by atoms with Gasteiger partial charge in [0.1, 0.15) is 12.9 Å². The number of hydrogen-bond donors (Lipinski definition) is 1. The van der Waals surface area contributed by atoms with E-state index >= 15 is 0 Å². The molecule has 7 heteroatoms. The van der Waals surface area contributed by atoms with Gasteiger partial charge in [0.15, 0.2) is 5.65 Å². The minimum Gasteiger partial charge on any atom is -0.324 e. The van der Waals surface area contributed by atoms with E-state index in [0.29, 0.717) is 11.3 Å². The van der Waals surface area contributed by atoms with Crippen LogP contribution in [0.1, 0.15) is 12.5 Å². The largest absolute Gasteiger partial charge is 0.352 e. The molecule has 0 saturated heterocycles. The lowest BCUT2D eigenvalue weighted by Crippen LogP contribution is -2.28. The van der Waals surface area contributed by atoms with E-state index < -0.39 is 5.69 Å². The minimum atomic E-state index is -0.394. The minimum absolute atomic E-state index is 0.162. The zero-order chi connectivity index (χ0) is 18.1. The van der Waals surface area contributed by atoms with Crippen LogP contribution in [0.3, 0.4) is 0 Å². The summed E-state index contributed by atoms with van der Waals surface area (Å²) in [5.41, 5.74) is 2.73. The molecule has 0 spiro atoms. The molecule has 26 heavy (non-hydrogen) atoms. The van der Waals surface area contributed by atoms with Gasteiger partial charge in [0.05, 0.1) is 5.52 Å². The summed E-state index contributed by atoms with van der Waals surface area (Å²) < 4.78 is 2.50. The number of hydrogen-bond acceptors (Lipinski definition) is 4. The second-order valence-electron chi connectivity index (χ2n) is 5.99. The number of amides is 1. The number of para-hydroxylation sites is 1. The fourth-order valence-electron chi connectivity index (χ4n) is 2.87. The fraction of sp³-hybridized carbons (Fsp3) is 0.158. The molecule has 7 nitrogen and oxygen atoms in total. The number of nitrogens with zero attached hydrogens (tertiary/aromatic N) is 4. The molecule has 0 atom stereocenters. The van der Waals surface area contributed by atoms with Gasteiger partial charge >= 0.3 is 5.69 Å². The first kappa shape index (κ1) is 16.0. The Bertz CT molecular complexity index is 1160. The predicted octanol–water partition coefficient (Wildman–Crippen LogP) is 2.25. The Morgan fingerprint density at radius 1 is 1.12 bits per heavy atom. The zero-order valence-electron chi connectivity index (χ0n) is 14.2. The highest BCUT2D eigenvalue weighted by Gasteiger charge is 2.13. The molecule has 2 aromatic carbocycles. The second-order valence-corrected chi connectivity index (χ2v) is 5.99. The van der Waals surface area contributed by atoms with Crippen LogP contribution in [-0.2, 0) is 17.8 Å². The maximum atomic E-state index is 12.5. The average Bonchev–Trinajstić information content (AvgIpc) is 2.98. The summed E-state index contributed by atoms with van der Waals surface area (Å²) in [6.45, 7) is 1.91. The first-order valence-electron chi connectivity index (χ1n) is 8.37. The zero-order valence-corrected chi connectivity index (χ0v) is 14.2. The Hall–Kier alpha value is -3.48. The quantitative estimate of drug-likeness (QED) is 0.614. The van der Waals surface area contributed by atoms with Gasteiger partial charge in [-0.15, -0.1) is 5.10 Å². The highest BCUT2D eigenvalue weighted by atomic mass is 16.2. The molecule has 130 valence electrons. The predicted molar refractivity (Wildman–Crippen MR) is 99.2 cm³/mol. The number of fused-ring (bicyclic) bond motifs is 3. The van der Waals surface area contributed by atoms with Crippen molar-refractivity contribution in [2.75, 3.05) is 5.32 Å². The molecule has 0 bridgehead atoms. The lowest BCUT2D eigenvalue weighted by atomic mass is 10.1. The third-order valence-electron chi connectivity index (χ3n) is 4.27. The molecule has 4 rings (SSSR count). The molecule has 0 aliphatic carbocycles. The van der Waals surface area contributed by atoms with Crippen LogP contribution in [0.25, 0.3) is 16.6 Å². The average molecular weight is 347 g/mol. The van der Waals surface area contributed by atoms with E-state index in [1.54, 1.807) is 0 Å². The third-order valence-corrected chi connectivity index (χ3v) is 4.27. The molecule has 0 saturated carbocycles. The molecule has 1 amide bonds. The summed E-state index contributed by atoms with van der Waals surface area (Å²) in [5.74, 6) is -0.308. The van der Waals surface area contributed by atoms with Crippen molar-refractivity contribution in [3.63, 3.8) is 0 Å². The van der Waals surface area contributed by atoms with Gasteiger partial charge < -0.3 is 5.32 Å². The highest BCUT2D eigenvalue weighted by molar-refractivity contribution is 5.92. The van der Waals surface area contributed by atoms with Crippen LogP contribution < -0.4 is 11.0 Å². The van der Waals surface area contributed by atoms with E-state index in [4.69, 9.17) is 0 Å². The summed E-state index contributed by atoms with van der Waals surface area (Å²) in [5, 5.41) is 7.87. The fourth-order valence-corrected chi connectivity index (χ4v) is 2.87. The van der Waals surface area contributed by atoms with Crippen molar-refractivity contribution in [2.45, 2.75) is 19.9 Å². The monoisotopic (exact) mass is 347 g/mol. The van der Waals surface area contributed by atoms with E-state index in [0.717, 1.165) is 22.0 Å². The van der Waals surface area contributed by atoms with Gasteiger partial charge in [0.25, 0.3) is 0 Å². The van der Waals surface area contributed by atoms with Crippen LogP contribution >= 0.6 is 0 Å². The van der Waals surface area contributed by atoms with E-state index in [1.807, 2.05) is 48.5 Å². The summed E-state index contributed by atoms with van der Waals surface area (Å²) in [6, 6.07) is 15.1. The molecule has 0 aliphatic heterocycles. The molecule has 0 radical (unpaired) electrons. The number of aromatic nitrogens is 4. The summed E-state index contributed by atoms with van der Waals surface area (Å²) >= 11 is 0. The lowest BCUT2D eigenvalue weighted by Gasteiger charge is -2.05. The normalized spacial score (nSPS) is 11.1. The van der Waals surface area contributed by atoms with E-state index in [2.05, 4.69) is 22.3 Å². The molecule has 2 heterocycles.